The zero-order valence-corrected chi connectivity index (χ0v) is 12.6. The Morgan fingerprint density at radius 1 is 0.870 bits per heavy atom. The highest BCUT2D eigenvalue weighted by molar-refractivity contribution is 5.35. The van der Waals surface area contributed by atoms with Crippen molar-refractivity contribution in [2.45, 2.75) is 31.9 Å². The molecule has 0 N–H and O–H groups in total. The Labute approximate surface area is 132 Å². The maximum atomic E-state index is 13.0. The van der Waals surface area contributed by atoms with E-state index in [0.717, 1.165) is 30.9 Å². The van der Waals surface area contributed by atoms with E-state index in [1.54, 1.807) is 6.07 Å². The smallest absolute Gasteiger partial charge is 0.419 e. The van der Waals surface area contributed by atoms with Gasteiger partial charge in [-0.25, -0.2) is 4.39 Å². The second kappa shape index (κ2) is 7.99. The first-order chi connectivity index (χ1) is 11.0. The van der Waals surface area contributed by atoms with Crippen LogP contribution in [0.3, 0.4) is 0 Å². The predicted molar refractivity (Wildman–Crippen MR) is 80.9 cm³/mol. The fourth-order valence-corrected chi connectivity index (χ4v) is 2.31. The van der Waals surface area contributed by atoms with E-state index in [1.165, 1.54) is 30.3 Å². The highest BCUT2D eigenvalue weighted by atomic mass is 19.4. The first kappa shape index (κ1) is 17.3. The van der Waals surface area contributed by atoms with Crippen molar-refractivity contribution in [2.75, 3.05) is 6.61 Å². The molecule has 0 amide bonds. The molecule has 0 aromatic heterocycles. The number of hydrogen-bond acceptors (Lipinski definition) is 1. The summed E-state index contributed by atoms with van der Waals surface area (Å²) in [7, 11) is 0. The van der Waals surface area contributed by atoms with E-state index in [1.807, 2.05) is 6.07 Å². The fraction of sp³-hybridized carbons (Fsp3) is 0.333. The maximum absolute atomic E-state index is 13.0. The Morgan fingerprint density at radius 3 is 2.39 bits per heavy atom. The molecule has 0 aliphatic rings. The van der Waals surface area contributed by atoms with Crippen molar-refractivity contribution in [3.63, 3.8) is 0 Å². The number of alkyl halides is 3. The van der Waals surface area contributed by atoms with Crippen LogP contribution in [0.1, 0.15) is 30.4 Å². The van der Waals surface area contributed by atoms with Crippen LogP contribution in [0.4, 0.5) is 17.6 Å². The monoisotopic (exact) mass is 326 g/mol. The molecule has 0 unspecified atom stereocenters. The number of para-hydroxylation sites is 1. The van der Waals surface area contributed by atoms with Crippen LogP contribution in [-0.4, -0.2) is 6.61 Å². The lowest BCUT2D eigenvalue weighted by Gasteiger charge is -2.13. The molecular weight excluding hydrogens is 308 g/mol. The molecule has 0 radical (unpaired) electrons. The van der Waals surface area contributed by atoms with Gasteiger partial charge in [-0.05, 0) is 55.5 Å². The van der Waals surface area contributed by atoms with Gasteiger partial charge in [-0.15, -0.1) is 0 Å². The number of ether oxygens (including phenoxy) is 1. The van der Waals surface area contributed by atoms with E-state index in [0.29, 0.717) is 6.42 Å². The van der Waals surface area contributed by atoms with Gasteiger partial charge in [-0.2, -0.15) is 13.2 Å². The summed E-state index contributed by atoms with van der Waals surface area (Å²) in [5.74, 6) is -0.389. The number of hydrogen-bond donors (Lipinski definition) is 0. The largest absolute Gasteiger partial charge is 0.493 e. The second-order valence-corrected chi connectivity index (χ2v) is 5.28. The molecule has 0 saturated heterocycles. The van der Waals surface area contributed by atoms with Crippen LogP contribution in [-0.2, 0) is 12.6 Å². The summed E-state index contributed by atoms with van der Waals surface area (Å²) in [6.45, 7) is 0.232. The van der Waals surface area contributed by atoms with Crippen molar-refractivity contribution in [3.05, 3.63) is 65.5 Å². The van der Waals surface area contributed by atoms with Gasteiger partial charge in [0, 0.05) is 0 Å². The van der Waals surface area contributed by atoms with Crippen molar-refractivity contribution in [1.82, 2.24) is 0 Å². The number of rotatable bonds is 7. The number of aryl methyl sites for hydroxylation is 1. The Kier molecular flexibility index (Phi) is 6.02. The average molecular weight is 326 g/mol. The summed E-state index contributed by atoms with van der Waals surface area (Å²) < 4.78 is 56.6. The van der Waals surface area contributed by atoms with Gasteiger partial charge < -0.3 is 4.74 Å². The van der Waals surface area contributed by atoms with Crippen LogP contribution in [0.2, 0.25) is 0 Å². The minimum absolute atomic E-state index is 0.134. The van der Waals surface area contributed by atoms with Crippen LogP contribution >= 0.6 is 0 Å². The van der Waals surface area contributed by atoms with E-state index in [-0.39, 0.29) is 18.2 Å². The Morgan fingerprint density at radius 2 is 1.65 bits per heavy atom. The molecule has 0 aliphatic carbocycles. The van der Waals surface area contributed by atoms with Crippen LogP contribution in [0, 0.1) is 5.82 Å². The minimum Gasteiger partial charge on any atom is -0.493 e. The molecule has 5 heteroatoms. The van der Waals surface area contributed by atoms with Crippen molar-refractivity contribution < 1.29 is 22.3 Å². The Hall–Kier alpha value is -2.04. The topological polar surface area (TPSA) is 9.23 Å². The van der Waals surface area contributed by atoms with Crippen LogP contribution < -0.4 is 4.74 Å². The highest BCUT2D eigenvalue weighted by Gasteiger charge is 2.33. The van der Waals surface area contributed by atoms with Crippen LogP contribution in [0.15, 0.2) is 48.5 Å². The lowest BCUT2D eigenvalue weighted by Crippen LogP contribution is -2.09. The molecule has 2 aromatic carbocycles. The van der Waals surface area contributed by atoms with E-state index < -0.39 is 11.7 Å². The molecule has 0 heterocycles. The molecule has 23 heavy (non-hydrogen) atoms. The van der Waals surface area contributed by atoms with E-state index in [9.17, 15) is 17.6 Å². The molecule has 0 saturated carbocycles. The van der Waals surface area contributed by atoms with Crippen molar-refractivity contribution in [1.29, 1.82) is 0 Å². The van der Waals surface area contributed by atoms with Crippen molar-refractivity contribution in [2.24, 2.45) is 0 Å². The summed E-state index contributed by atoms with van der Waals surface area (Å²) in [6, 6.07) is 11.6. The maximum Gasteiger partial charge on any atom is 0.419 e. The Balaban J connectivity index is 1.72. The lowest BCUT2D eigenvalue weighted by molar-refractivity contribution is -0.138. The van der Waals surface area contributed by atoms with Crippen molar-refractivity contribution in [3.8, 4) is 5.75 Å². The summed E-state index contributed by atoms with van der Waals surface area (Å²) in [5.41, 5.74) is 0.174. The van der Waals surface area contributed by atoms with Gasteiger partial charge in [0.2, 0.25) is 0 Å². The van der Waals surface area contributed by atoms with E-state index >= 15 is 0 Å². The number of benzene rings is 2. The van der Waals surface area contributed by atoms with Gasteiger partial charge in [-0.1, -0.05) is 24.3 Å². The summed E-state index contributed by atoms with van der Waals surface area (Å²) >= 11 is 0. The molecule has 0 spiro atoms. The summed E-state index contributed by atoms with van der Waals surface area (Å²) in [5, 5.41) is 0. The third-order valence-corrected chi connectivity index (χ3v) is 3.45. The minimum atomic E-state index is -4.41. The van der Waals surface area contributed by atoms with Gasteiger partial charge in [-0.3, -0.25) is 0 Å². The zero-order valence-electron chi connectivity index (χ0n) is 12.6. The summed E-state index contributed by atoms with van der Waals surface area (Å²) in [6.07, 6.45) is -1.36. The SMILES string of the molecule is Fc1cccc(CCCCCOc2ccccc2C(F)(F)F)c1. The summed E-state index contributed by atoms with van der Waals surface area (Å²) in [4.78, 5) is 0. The van der Waals surface area contributed by atoms with Crippen molar-refractivity contribution >= 4 is 0 Å². The molecule has 0 aliphatic heterocycles. The zero-order chi connectivity index (χ0) is 16.7. The molecule has 1 nitrogen and oxygen atoms in total. The molecule has 2 rings (SSSR count). The van der Waals surface area contributed by atoms with Gasteiger partial charge >= 0.3 is 6.18 Å². The first-order valence-electron chi connectivity index (χ1n) is 7.50. The molecule has 124 valence electrons. The lowest BCUT2D eigenvalue weighted by atomic mass is 10.1. The van der Waals surface area contributed by atoms with E-state index in [4.69, 9.17) is 4.74 Å². The van der Waals surface area contributed by atoms with Gasteiger partial charge in [0.1, 0.15) is 11.6 Å². The molecule has 2 aromatic rings. The molecule has 0 fully saturated rings. The molecule has 0 atom stereocenters. The standard InChI is InChI=1S/C18H18F4O/c19-15-9-6-8-14(13-15)7-2-1-5-12-23-17-11-4-3-10-16(17)18(20,21)22/h3-4,6,8-11,13H,1-2,5,7,12H2. The van der Waals surface area contributed by atoms with Gasteiger partial charge in [0.05, 0.1) is 12.2 Å². The number of unbranched alkanes of at least 4 members (excludes halogenated alkanes) is 2. The Bertz CT molecular complexity index is 622. The highest BCUT2D eigenvalue weighted by Crippen LogP contribution is 2.35. The van der Waals surface area contributed by atoms with Crippen LogP contribution in [0.5, 0.6) is 5.75 Å². The first-order valence-corrected chi connectivity index (χ1v) is 7.50. The fourth-order valence-electron chi connectivity index (χ4n) is 2.31. The van der Waals surface area contributed by atoms with Gasteiger partial charge in [0.15, 0.2) is 0 Å². The van der Waals surface area contributed by atoms with E-state index in [2.05, 4.69) is 0 Å². The third kappa shape index (κ3) is 5.58. The van der Waals surface area contributed by atoms with Gasteiger partial charge in [0.25, 0.3) is 0 Å². The molecule has 0 bridgehead atoms. The average Bonchev–Trinajstić information content (AvgIpc) is 2.50. The second-order valence-electron chi connectivity index (χ2n) is 5.28. The molecular formula is C18H18F4O. The van der Waals surface area contributed by atoms with Crippen LogP contribution in [0.25, 0.3) is 0 Å². The third-order valence-electron chi connectivity index (χ3n) is 3.45. The quantitative estimate of drug-likeness (QED) is 0.473. The normalized spacial score (nSPS) is 11.5. The number of halogens is 4. The predicted octanol–water partition coefficient (Wildman–Crippen LogP) is 5.64.